The zero-order valence-corrected chi connectivity index (χ0v) is 14.6. The SMILES string of the molecule is C=C[C@]1(N2CCN(Cc3ccc(C#N)cc3)CC2)CCO[C@@H](C)C1. The van der Waals surface area contributed by atoms with Gasteiger partial charge in [-0.15, -0.1) is 6.58 Å². The van der Waals surface area contributed by atoms with Crippen molar-refractivity contribution in [2.45, 2.75) is 38.0 Å². The van der Waals surface area contributed by atoms with Crippen molar-refractivity contribution in [1.82, 2.24) is 9.80 Å². The van der Waals surface area contributed by atoms with E-state index in [2.05, 4.69) is 47.6 Å². The van der Waals surface area contributed by atoms with E-state index in [1.165, 1.54) is 5.56 Å². The summed E-state index contributed by atoms with van der Waals surface area (Å²) in [5, 5.41) is 8.89. The van der Waals surface area contributed by atoms with Gasteiger partial charge in [0.05, 0.1) is 17.7 Å². The summed E-state index contributed by atoms with van der Waals surface area (Å²) in [6.45, 7) is 12.4. The number of nitrogens with zero attached hydrogens (tertiary/aromatic N) is 3. The summed E-state index contributed by atoms with van der Waals surface area (Å²) in [4.78, 5) is 5.10. The zero-order valence-electron chi connectivity index (χ0n) is 14.6. The topological polar surface area (TPSA) is 39.5 Å². The van der Waals surface area contributed by atoms with E-state index in [4.69, 9.17) is 10.00 Å². The van der Waals surface area contributed by atoms with Crippen LogP contribution in [0.4, 0.5) is 0 Å². The van der Waals surface area contributed by atoms with Crippen LogP contribution >= 0.6 is 0 Å². The molecule has 128 valence electrons. The van der Waals surface area contributed by atoms with Crippen molar-refractivity contribution in [3.63, 3.8) is 0 Å². The molecule has 2 heterocycles. The Bertz CT molecular complexity index is 598. The highest BCUT2D eigenvalue weighted by Crippen LogP contribution is 2.33. The summed E-state index contributed by atoms with van der Waals surface area (Å²) in [7, 11) is 0. The van der Waals surface area contributed by atoms with Crippen molar-refractivity contribution in [3.8, 4) is 6.07 Å². The molecule has 2 atom stereocenters. The molecule has 2 saturated heterocycles. The molecule has 4 nitrogen and oxygen atoms in total. The first-order chi connectivity index (χ1) is 11.6. The minimum atomic E-state index is 0.109. The van der Waals surface area contributed by atoms with Crippen molar-refractivity contribution < 1.29 is 4.74 Å². The van der Waals surface area contributed by atoms with E-state index in [0.29, 0.717) is 6.10 Å². The third-order valence-electron chi connectivity index (χ3n) is 5.45. The minimum Gasteiger partial charge on any atom is -0.378 e. The Balaban J connectivity index is 1.56. The number of benzene rings is 1. The second-order valence-corrected chi connectivity index (χ2v) is 7.02. The first-order valence-electron chi connectivity index (χ1n) is 8.87. The van der Waals surface area contributed by atoms with Crippen molar-refractivity contribution in [2.75, 3.05) is 32.8 Å². The molecule has 2 aliphatic heterocycles. The van der Waals surface area contributed by atoms with Crippen LogP contribution in [0, 0.1) is 11.3 Å². The van der Waals surface area contributed by atoms with Gasteiger partial charge in [0.2, 0.25) is 0 Å². The average molecular weight is 325 g/mol. The molecule has 2 aliphatic rings. The smallest absolute Gasteiger partial charge is 0.0991 e. The van der Waals surface area contributed by atoms with Crippen LogP contribution in [0.3, 0.4) is 0 Å². The van der Waals surface area contributed by atoms with Crippen LogP contribution in [0.15, 0.2) is 36.9 Å². The maximum atomic E-state index is 8.89. The summed E-state index contributed by atoms with van der Waals surface area (Å²) < 4.78 is 5.74. The number of rotatable bonds is 4. The minimum absolute atomic E-state index is 0.109. The van der Waals surface area contributed by atoms with E-state index in [-0.39, 0.29) is 5.54 Å². The van der Waals surface area contributed by atoms with Gasteiger partial charge in [0.15, 0.2) is 0 Å². The maximum absolute atomic E-state index is 8.89. The Morgan fingerprint density at radius 1 is 1.29 bits per heavy atom. The van der Waals surface area contributed by atoms with Gasteiger partial charge < -0.3 is 4.74 Å². The molecule has 0 aromatic heterocycles. The fraction of sp³-hybridized carbons (Fsp3) is 0.550. The van der Waals surface area contributed by atoms with Gasteiger partial charge in [0.25, 0.3) is 0 Å². The lowest BCUT2D eigenvalue weighted by molar-refractivity contribution is -0.0592. The van der Waals surface area contributed by atoms with E-state index >= 15 is 0 Å². The highest BCUT2D eigenvalue weighted by Gasteiger charge is 2.39. The molecule has 0 N–H and O–H groups in total. The van der Waals surface area contributed by atoms with Gasteiger partial charge in [-0.25, -0.2) is 0 Å². The molecule has 2 fully saturated rings. The predicted molar refractivity (Wildman–Crippen MR) is 95.6 cm³/mol. The first-order valence-corrected chi connectivity index (χ1v) is 8.87. The molecule has 0 bridgehead atoms. The Labute approximate surface area is 145 Å². The standard InChI is InChI=1S/C20H27N3O/c1-3-20(8-13-24-17(2)14-20)23-11-9-22(10-12-23)16-19-6-4-18(15-21)5-7-19/h3-7,17H,1,8-14,16H2,2H3/t17-,20-/m0/s1. The maximum Gasteiger partial charge on any atom is 0.0991 e. The molecule has 24 heavy (non-hydrogen) atoms. The molecule has 0 unspecified atom stereocenters. The number of ether oxygens (including phenoxy) is 1. The molecule has 0 saturated carbocycles. The van der Waals surface area contributed by atoms with E-state index < -0.39 is 0 Å². The number of piperazine rings is 1. The van der Waals surface area contributed by atoms with Crippen molar-refractivity contribution >= 4 is 0 Å². The zero-order chi connectivity index (χ0) is 17.0. The van der Waals surface area contributed by atoms with E-state index in [1.54, 1.807) is 0 Å². The van der Waals surface area contributed by atoms with Gasteiger partial charge in [-0.05, 0) is 37.5 Å². The summed E-state index contributed by atoms with van der Waals surface area (Å²) in [5.41, 5.74) is 2.11. The second kappa shape index (κ2) is 7.48. The fourth-order valence-electron chi connectivity index (χ4n) is 3.99. The molecule has 1 aromatic carbocycles. The normalized spacial score (nSPS) is 29.1. The summed E-state index contributed by atoms with van der Waals surface area (Å²) in [6.07, 6.45) is 4.57. The largest absolute Gasteiger partial charge is 0.378 e. The van der Waals surface area contributed by atoms with Crippen LogP contribution < -0.4 is 0 Å². The lowest BCUT2D eigenvalue weighted by Crippen LogP contribution is -2.58. The third kappa shape index (κ3) is 3.70. The lowest BCUT2D eigenvalue weighted by atomic mass is 9.84. The summed E-state index contributed by atoms with van der Waals surface area (Å²) in [6, 6.07) is 10.1. The van der Waals surface area contributed by atoms with Crippen LogP contribution in [-0.2, 0) is 11.3 Å². The molecule has 0 radical (unpaired) electrons. The molecular weight excluding hydrogens is 298 g/mol. The van der Waals surface area contributed by atoms with Gasteiger partial charge in [0.1, 0.15) is 0 Å². The number of hydrogen-bond acceptors (Lipinski definition) is 4. The average Bonchev–Trinajstić information content (AvgIpc) is 2.63. The fourth-order valence-corrected chi connectivity index (χ4v) is 3.99. The van der Waals surface area contributed by atoms with Gasteiger partial charge in [-0.3, -0.25) is 9.80 Å². The molecule has 0 amide bonds. The Morgan fingerprint density at radius 3 is 2.58 bits per heavy atom. The van der Waals surface area contributed by atoms with Crippen LogP contribution in [0.2, 0.25) is 0 Å². The predicted octanol–water partition coefficient (Wildman–Crippen LogP) is 2.80. The molecule has 1 aromatic rings. The number of nitriles is 1. The third-order valence-corrected chi connectivity index (χ3v) is 5.45. The first kappa shape index (κ1) is 17.2. The molecule has 3 rings (SSSR count). The Kier molecular flexibility index (Phi) is 5.35. The van der Waals surface area contributed by atoms with Gasteiger partial charge in [-0.2, -0.15) is 5.26 Å². The van der Waals surface area contributed by atoms with Crippen LogP contribution in [-0.4, -0.2) is 54.2 Å². The van der Waals surface area contributed by atoms with Crippen LogP contribution in [0.25, 0.3) is 0 Å². The van der Waals surface area contributed by atoms with Gasteiger partial charge >= 0.3 is 0 Å². The van der Waals surface area contributed by atoms with E-state index in [9.17, 15) is 0 Å². The van der Waals surface area contributed by atoms with E-state index in [1.807, 2.05) is 12.1 Å². The molecule has 0 aliphatic carbocycles. The monoisotopic (exact) mass is 325 g/mol. The number of hydrogen-bond donors (Lipinski definition) is 0. The Hall–Kier alpha value is -1.67. The van der Waals surface area contributed by atoms with Crippen molar-refractivity contribution in [3.05, 3.63) is 48.0 Å². The van der Waals surface area contributed by atoms with Crippen LogP contribution in [0.5, 0.6) is 0 Å². The second-order valence-electron chi connectivity index (χ2n) is 7.02. The van der Waals surface area contributed by atoms with Gasteiger partial charge in [0, 0.05) is 44.9 Å². The van der Waals surface area contributed by atoms with Gasteiger partial charge in [-0.1, -0.05) is 18.2 Å². The van der Waals surface area contributed by atoms with Crippen LogP contribution in [0.1, 0.15) is 30.9 Å². The quantitative estimate of drug-likeness (QED) is 0.798. The highest BCUT2D eigenvalue weighted by atomic mass is 16.5. The lowest BCUT2D eigenvalue weighted by Gasteiger charge is -2.49. The molecule has 0 spiro atoms. The summed E-state index contributed by atoms with van der Waals surface area (Å²) in [5.74, 6) is 0. The highest BCUT2D eigenvalue weighted by molar-refractivity contribution is 5.31. The van der Waals surface area contributed by atoms with E-state index in [0.717, 1.165) is 57.7 Å². The Morgan fingerprint density at radius 2 is 2.00 bits per heavy atom. The van der Waals surface area contributed by atoms with Crippen molar-refractivity contribution in [1.29, 1.82) is 5.26 Å². The molecular formula is C20H27N3O. The van der Waals surface area contributed by atoms with Crippen molar-refractivity contribution in [2.24, 2.45) is 0 Å². The summed E-state index contributed by atoms with van der Waals surface area (Å²) >= 11 is 0. The molecule has 4 heteroatoms.